The maximum atomic E-state index is 12.5. The van der Waals surface area contributed by atoms with Gasteiger partial charge in [0.15, 0.2) is 0 Å². The number of hydrogen-bond donors (Lipinski definition) is 2. The quantitative estimate of drug-likeness (QED) is 0.837. The van der Waals surface area contributed by atoms with Gasteiger partial charge in [0.1, 0.15) is 5.54 Å². The van der Waals surface area contributed by atoms with Crippen LogP contribution in [0.25, 0.3) is 0 Å². The highest BCUT2D eigenvalue weighted by Crippen LogP contribution is 2.24. The smallest absolute Gasteiger partial charge is 0.341 e. The Morgan fingerprint density at radius 2 is 1.91 bits per heavy atom. The van der Waals surface area contributed by atoms with Gasteiger partial charge in [-0.05, 0) is 31.0 Å². The van der Waals surface area contributed by atoms with Crippen molar-refractivity contribution in [2.24, 2.45) is 5.73 Å². The van der Waals surface area contributed by atoms with Crippen molar-refractivity contribution in [1.82, 2.24) is 0 Å². The van der Waals surface area contributed by atoms with Crippen molar-refractivity contribution in [1.29, 1.82) is 0 Å². The Balaban J connectivity index is 0.00000264. The van der Waals surface area contributed by atoms with E-state index in [0.29, 0.717) is 26.1 Å². The van der Waals surface area contributed by atoms with Gasteiger partial charge in [-0.25, -0.2) is 8.42 Å². The maximum Gasteiger partial charge on any atom is 0.341 e. The Hall–Kier alpha value is -1.29. The lowest BCUT2D eigenvalue weighted by molar-refractivity contribution is -0.124. The molecule has 1 aromatic rings. The number of carbonyl (C=O) groups is 1. The predicted octanol–water partition coefficient (Wildman–Crippen LogP) is 1.55. The summed E-state index contributed by atoms with van der Waals surface area (Å²) in [6.45, 7) is 0.702. The zero-order valence-electron chi connectivity index (χ0n) is 12.0. The van der Waals surface area contributed by atoms with Gasteiger partial charge in [0.25, 0.3) is 0 Å². The highest BCUT2D eigenvalue weighted by Gasteiger charge is 2.36. The van der Waals surface area contributed by atoms with Crippen LogP contribution in [-0.2, 0) is 19.4 Å². The van der Waals surface area contributed by atoms with E-state index in [1.807, 2.05) is 0 Å². The van der Waals surface area contributed by atoms with Gasteiger partial charge in [-0.2, -0.15) is 8.78 Å². The second-order valence-corrected chi connectivity index (χ2v) is 6.97. The minimum absolute atomic E-state index is 0. The normalized spacial score (nSPS) is 17.4. The fourth-order valence-electron chi connectivity index (χ4n) is 2.07. The van der Waals surface area contributed by atoms with Gasteiger partial charge in [-0.3, -0.25) is 4.79 Å². The molecule has 23 heavy (non-hydrogen) atoms. The van der Waals surface area contributed by atoms with Gasteiger partial charge in [0.05, 0.1) is 4.90 Å². The van der Waals surface area contributed by atoms with E-state index in [4.69, 9.17) is 10.5 Å². The molecule has 0 unspecified atom stereocenters. The van der Waals surface area contributed by atoms with Gasteiger partial charge in [-0.1, -0.05) is 6.07 Å². The second-order valence-electron chi connectivity index (χ2n) is 5.06. The zero-order valence-corrected chi connectivity index (χ0v) is 13.6. The monoisotopic (exact) mass is 370 g/mol. The highest BCUT2D eigenvalue weighted by molar-refractivity contribution is 7.91. The molecule has 1 fully saturated rings. The number of alkyl halides is 2. The third-order valence-corrected chi connectivity index (χ3v) is 4.87. The molecule has 0 radical (unpaired) electrons. The molecule has 10 heteroatoms. The Labute approximate surface area is 138 Å². The molecule has 6 nitrogen and oxygen atoms in total. The summed E-state index contributed by atoms with van der Waals surface area (Å²) in [7, 11) is -4.71. The molecule has 0 saturated carbocycles. The van der Waals surface area contributed by atoms with E-state index in [9.17, 15) is 22.0 Å². The van der Waals surface area contributed by atoms with Crippen molar-refractivity contribution in [3.05, 3.63) is 24.3 Å². The number of anilines is 1. The number of carbonyl (C=O) groups excluding carboxylic acids is 1. The minimum atomic E-state index is -4.71. The van der Waals surface area contributed by atoms with Crippen molar-refractivity contribution in [3.8, 4) is 0 Å². The van der Waals surface area contributed by atoms with Crippen molar-refractivity contribution >= 4 is 33.8 Å². The lowest BCUT2D eigenvalue weighted by Gasteiger charge is -2.31. The molecule has 1 aliphatic heterocycles. The number of ether oxygens (including phenoxy) is 1. The van der Waals surface area contributed by atoms with Crippen molar-refractivity contribution in [2.45, 2.75) is 29.0 Å². The molecular weight excluding hydrogens is 354 g/mol. The highest BCUT2D eigenvalue weighted by atomic mass is 35.5. The van der Waals surface area contributed by atoms with Crippen LogP contribution in [0.5, 0.6) is 0 Å². The van der Waals surface area contributed by atoms with E-state index in [0.717, 1.165) is 12.1 Å². The first-order chi connectivity index (χ1) is 10.3. The molecule has 130 valence electrons. The SMILES string of the molecule is Cl.NC1(C(=O)Nc2cccc(S(=O)(=O)C(F)F)c2)CCOCC1. The lowest BCUT2D eigenvalue weighted by atomic mass is 9.90. The summed E-state index contributed by atoms with van der Waals surface area (Å²) in [5.74, 6) is -4.02. The van der Waals surface area contributed by atoms with Crippen molar-refractivity contribution < 1.29 is 26.7 Å². The molecule has 1 amide bonds. The summed E-state index contributed by atoms with van der Waals surface area (Å²) in [5, 5.41) is 2.47. The Kier molecular flexibility index (Phi) is 6.46. The first-order valence-electron chi connectivity index (χ1n) is 6.56. The molecule has 0 bridgehead atoms. The molecule has 0 aliphatic carbocycles. The van der Waals surface area contributed by atoms with Gasteiger partial charge in [0.2, 0.25) is 15.7 Å². The number of hydrogen-bond acceptors (Lipinski definition) is 5. The minimum Gasteiger partial charge on any atom is -0.381 e. The molecule has 0 atom stereocenters. The Morgan fingerprint density at radius 1 is 1.30 bits per heavy atom. The number of benzene rings is 1. The van der Waals surface area contributed by atoms with E-state index in [-0.39, 0.29) is 18.1 Å². The molecule has 3 N–H and O–H groups in total. The van der Waals surface area contributed by atoms with E-state index in [1.54, 1.807) is 0 Å². The van der Waals surface area contributed by atoms with Crippen LogP contribution in [-0.4, -0.2) is 38.8 Å². The van der Waals surface area contributed by atoms with E-state index in [1.165, 1.54) is 12.1 Å². The molecular formula is C13H17ClF2N2O4S. The topological polar surface area (TPSA) is 98.5 Å². The molecule has 0 aromatic heterocycles. The van der Waals surface area contributed by atoms with Crippen LogP contribution in [0.4, 0.5) is 14.5 Å². The fraction of sp³-hybridized carbons (Fsp3) is 0.462. The standard InChI is InChI=1S/C13H16F2N2O4S.ClH/c14-12(15)22(19,20)10-3-1-2-9(8-10)17-11(18)13(16)4-6-21-7-5-13;/h1-3,8,12H,4-7,16H2,(H,17,18);1H. The van der Waals surface area contributed by atoms with Crippen LogP contribution >= 0.6 is 12.4 Å². The number of sulfone groups is 1. The predicted molar refractivity (Wildman–Crippen MR) is 82.5 cm³/mol. The van der Waals surface area contributed by atoms with Gasteiger partial charge < -0.3 is 15.8 Å². The molecule has 0 spiro atoms. The zero-order chi connectivity index (χ0) is 16.4. The average molecular weight is 371 g/mol. The first-order valence-corrected chi connectivity index (χ1v) is 8.10. The lowest BCUT2D eigenvalue weighted by Crippen LogP contribution is -2.54. The third-order valence-electron chi connectivity index (χ3n) is 3.49. The molecule has 1 aromatic carbocycles. The van der Waals surface area contributed by atoms with Gasteiger partial charge in [0, 0.05) is 18.9 Å². The molecule has 1 saturated heterocycles. The van der Waals surface area contributed by atoms with E-state index in [2.05, 4.69) is 5.32 Å². The summed E-state index contributed by atoms with van der Waals surface area (Å²) < 4.78 is 53.1. The first kappa shape index (κ1) is 19.8. The summed E-state index contributed by atoms with van der Waals surface area (Å²) >= 11 is 0. The third kappa shape index (κ3) is 4.37. The Bertz CT molecular complexity index is 664. The summed E-state index contributed by atoms with van der Waals surface area (Å²) in [6.07, 6.45) is 0.654. The van der Waals surface area contributed by atoms with Crippen molar-refractivity contribution in [2.75, 3.05) is 18.5 Å². The van der Waals surface area contributed by atoms with Gasteiger partial charge in [-0.15, -0.1) is 12.4 Å². The molecule has 1 aliphatic rings. The summed E-state index contributed by atoms with van der Waals surface area (Å²) in [5.41, 5.74) is 4.98. The largest absolute Gasteiger partial charge is 0.381 e. The van der Waals surface area contributed by atoms with Crippen LogP contribution in [0.1, 0.15) is 12.8 Å². The Morgan fingerprint density at radius 3 is 2.48 bits per heavy atom. The van der Waals surface area contributed by atoms with Crippen LogP contribution in [0.15, 0.2) is 29.2 Å². The summed E-state index contributed by atoms with van der Waals surface area (Å²) in [4.78, 5) is 11.6. The number of nitrogens with two attached hydrogens (primary N) is 1. The van der Waals surface area contributed by atoms with Crippen LogP contribution in [0.2, 0.25) is 0 Å². The van der Waals surface area contributed by atoms with Gasteiger partial charge >= 0.3 is 5.76 Å². The van der Waals surface area contributed by atoms with Crippen molar-refractivity contribution in [3.63, 3.8) is 0 Å². The number of rotatable bonds is 4. The molecule has 1 heterocycles. The number of nitrogens with one attached hydrogen (secondary N) is 1. The fourth-order valence-corrected chi connectivity index (χ4v) is 2.84. The second kappa shape index (κ2) is 7.52. The number of halogens is 3. The van der Waals surface area contributed by atoms with Crippen LogP contribution in [0, 0.1) is 0 Å². The summed E-state index contributed by atoms with van der Waals surface area (Å²) in [6, 6.07) is 4.72. The maximum absolute atomic E-state index is 12.5. The molecule has 2 rings (SSSR count). The van der Waals surface area contributed by atoms with Crippen LogP contribution in [0.3, 0.4) is 0 Å². The van der Waals surface area contributed by atoms with E-state index >= 15 is 0 Å². The number of amides is 1. The van der Waals surface area contributed by atoms with Crippen LogP contribution < -0.4 is 11.1 Å². The average Bonchev–Trinajstić information content (AvgIpc) is 2.48. The van der Waals surface area contributed by atoms with E-state index < -0.39 is 31.9 Å².